The van der Waals surface area contributed by atoms with Gasteiger partial charge in [0.2, 0.25) is 0 Å². The van der Waals surface area contributed by atoms with E-state index in [2.05, 4.69) is 71.3 Å². The Labute approximate surface area is 241 Å². The number of hydrogen-bond donors (Lipinski definition) is 0. The fraction of sp³-hybridized carbons (Fsp3) is 0.600. The maximum absolute atomic E-state index is 11.8. The van der Waals surface area contributed by atoms with Crippen LogP contribution in [0.15, 0.2) is 60.7 Å². The van der Waals surface area contributed by atoms with E-state index in [4.69, 9.17) is 4.74 Å². The molecule has 0 radical (unpaired) electrons. The third kappa shape index (κ3) is 7.10. The lowest BCUT2D eigenvalue weighted by Crippen LogP contribution is -2.52. The number of methoxy groups -OCH3 is 1. The first kappa shape index (κ1) is 29.2. The van der Waals surface area contributed by atoms with Gasteiger partial charge in [0.15, 0.2) is 0 Å². The number of benzene rings is 2. The Bertz CT molecular complexity index is 1070. The molecule has 40 heavy (non-hydrogen) atoms. The Kier molecular flexibility index (Phi) is 9.88. The molecule has 4 atom stereocenters. The molecule has 2 aromatic rings. The van der Waals surface area contributed by atoms with Gasteiger partial charge in [-0.3, -0.25) is 19.4 Å². The summed E-state index contributed by atoms with van der Waals surface area (Å²) in [6.07, 6.45) is 8.88. The van der Waals surface area contributed by atoms with E-state index in [1.165, 1.54) is 37.1 Å². The highest BCUT2D eigenvalue weighted by molar-refractivity contribution is 5.86. The van der Waals surface area contributed by atoms with Crippen LogP contribution in [0.4, 0.5) is 0 Å². The van der Waals surface area contributed by atoms with E-state index in [0.29, 0.717) is 35.2 Å². The lowest BCUT2D eigenvalue weighted by Gasteiger charge is -2.44. The van der Waals surface area contributed by atoms with Gasteiger partial charge in [-0.25, -0.2) is 0 Å². The molecule has 2 aliphatic heterocycles. The molecule has 5 nitrogen and oxygen atoms in total. The zero-order valence-corrected chi connectivity index (χ0v) is 24.6. The van der Waals surface area contributed by atoms with E-state index in [1.54, 1.807) is 0 Å². The van der Waals surface area contributed by atoms with E-state index in [1.807, 2.05) is 13.2 Å². The lowest BCUT2D eigenvalue weighted by molar-refractivity contribution is -0.127. The van der Waals surface area contributed by atoms with Crippen molar-refractivity contribution in [2.75, 3.05) is 33.3 Å². The van der Waals surface area contributed by atoms with Crippen molar-refractivity contribution in [1.82, 2.24) is 9.80 Å². The SMILES string of the molecule is COC1(C)C2CCC1CN(Cc1ccccc1)C2.O=C1C2CCC1CN(Cc1ccccc1)C2.O=C1CCCC1. The number of likely N-dealkylation sites (tertiary alicyclic amines) is 2. The molecular weight excluding hydrogens is 496 g/mol. The summed E-state index contributed by atoms with van der Waals surface area (Å²) in [6.45, 7) is 8.74. The van der Waals surface area contributed by atoms with Gasteiger partial charge in [0.25, 0.3) is 0 Å². The van der Waals surface area contributed by atoms with Gasteiger partial charge in [-0.05, 0) is 56.6 Å². The van der Waals surface area contributed by atoms with Crippen LogP contribution in [0.3, 0.4) is 0 Å². The van der Waals surface area contributed by atoms with Gasteiger partial charge >= 0.3 is 0 Å². The summed E-state index contributed by atoms with van der Waals surface area (Å²) < 4.78 is 5.84. The Hall–Kier alpha value is -2.34. The Morgan fingerprint density at radius 3 is 1.55 bits per heavy atom. The summed E-state index contributed by atoms with van der Waals surface area (Å²) in [5.41, 5.74) is 2.92. The summed E-state index contributed by atoms with van der Waals surface area (Å²) in [5, 5.41) is 0. The molecule has 216 valence electrons. The van der Waals surface area contributed by atoms with E-state index in [9.17, 15) is 9.59 Å². The summed E-state index contributed by atoms with van der Waals surface area (Å²) in [5.74, 6) is 3.08. The summed E-state index contributed by atoms with van der Waals surface area (Å²) in [6, 6.07) is 21.4. The predicted molar refractivity (Wildman–Crippen MR) is 160 cm³/mol. The van der Waals surface area contributed by atoms with Crippen molar-refractivity contribution >= 4 is 11.6 Å². The van der Waals surface area contributed by atoms with Gasteiger partial charge < -0.3 is 4.74 Å². The minimum atomic E-state index is 0.132. The first-order valence-corrected chi connectivity index (χ1v) is 15.6. The number of ether oxygens (including phenoxy) is 1. The molecular formula is C35H48N2O3. The van der Waals surface area contributed by atoms with Gasteiger partial charge in [0, 0.05) is 82.9 Å². The molecule has 5 heteroatoms. The average molecular weight is 545 g/mol. The average Bonchev–Trinajstić information content (AvgIpc) is 3.55. The number of fused-ring (bicyclic) bond motifs is 4. The quantitative estimate of drug-likeness (QED) is 0.451. The fourth-order valence-corrected chi connectivity index (χ4v) is 7.68. The molecule has 7 rings (SSSR count). The van der Waals surface area contributed by atoms with Crippen molar-refractivity contribution in [3.8, 4) is 0 Å². The van der Waals surface area contributed by atoms with Crippen molar-refractivity contribution in [3.63, 3.8) is 0 Å². The standard InChI is InChI=1S/C16H23NO.C14H17NO.C5H8O/c1-16(18-2)14-8-9-15(16)12-17(11-14)10-13-6-4-3-5-7-13;16-14-12-6-7-13(14)10-15(9-12)8-11-4-2-1-3-5-11;6-5-3-1-2-4-5/h3-7,14-15H,8-12H2,1-2H3;1-5,12-13H,6-10H2;1-4H2. The number of piperidine rings is 2. The lowest BCUT2D eigenvalue weighted by atomic mass is 9.81. The fourth-order valence-electron chi connectivity index (χ4n) is 7.68. The number of nitrogens with zero attached hydrogens (tertiary/aromatic N) is 2. The van der Waals surface area contributed by atoms with Crippen LogP contribution in [-0.2, 0) is 27.4 Å². The van der Waals surface area contributed by atoms with Crippen molar-refractivity contribution in [3.05, 3.63) is 71.8 Å². The van der Waals surface area contributed by atoms with Crippen LogP contribution >= 0.6 is 0 Å². The monoisotopic (exact) mass is 544 g/mol. The molecule has 3 aliphatic carbocycles. The molecule has 0 aromatic heterocycles. The first-order chi connectivity index (χ1) is 19.4. The third-order valence-corrected chi connectivity index (χ3v) is 10.2. The van der Waals surface area contributed by atoms with Crippen molar-refractivity contribution in [1.29, 1.82) is 0 Å². The van der Waals surface area contributed by atoms with Gasteiger partial charge in [-0.1, -0.05) is 60.7 Å². The molecule has 2 aromatic carbocycles. The van der Waals surface area contributed by atoms with Gasteiger partial charge in [-0.2, -0.15) is 0 Å². The minimum absolute atomic E-state index is 0.132. The summed E-state index contributed by atoms with van der Waals surface area (Å²) in [7, 11) is 1.89. The second-order valence-corrected chi connectivity index (χ2v) is 12.8. The Balaban J connectivity index is 0.000000135. The largest absolute Gasteiger partial charge is 0.378 e. The predicted octanol–water partition coefficient (Wildman–Crippen LogP) is 6.16. The molecule has 2 heterocycles. The van der Waals surface area contributed by atoms with E-state index in [-0.39, 0.29) is 5.60 Å². The minimum Gasteiger partial charge on any atom is -0.378 e. The Morgan fingerprint density at radius 1 is 0.700 bits per heavy atom. The zero-order chi connectivity index (χ0) is 28.0. The van der Waals surface area contributed by atoms with Crippen LogP contribution in [0.1, 0.15) is 69.4 Å². The zero-order valence-electron chi connectivity index (χ0n) is 24.6. The topological polar surface area (TPSA) is 49.9 Å². The van der Waals surface area contributed by atoms with Gasteiger partial charge in [0.1, 0.15) is 11.6 Å². The molecule has 4 bridgehead atoms. The normalized spacial score (nSPS) is 31.4. The number of ketones is 2. The third-order valence-electron chi connectivity index (χ3n) is 10.2. The van der Waals surface area contributed by atoms with Crippen molar-refractivity contribution in [2.24, 2.45) is 23.7 Å². The molecule has 4 unspecified atom stereocenters. The highest BCUT2D eigenvalue weighted by Gasteiger charge is 2.51. The van der Waals surface area contributed by atoms with Gasteiger partial charge in [-0.15, -0.1) is 0 Å². The molecule has 0 spiro atoms. The van der Waals surface area contributed by atoms with Crippen LogP contribution in [0.5, 0.6) is 0 Å². The highest BCUT2D eigenvalue weighted by Crippen LogP contribution is 2.47. The number of carbonyl (C=O) groups is 2. The molecule has 2 saturated heterocycles. The van der Waals surface area contributed by atoms with Crippen molar-refractivity contribution in [2.45, 2.75) is 77.0 Å². The van der Waals surface area contributed by atoms with E-state index < -0.39 is 0 Å². The second kappa shape index (κ2) is 13.5. The number of carbonyl (C=O) groups excluding carboxylic acids is 2. The molecule has 5 aliphatic rings. The van der Waals surface area contributed by atoms with Gasteiger partial charge in [0.05, 0.1) is 5.60 Å². The van der Waals surface area contributed by atoms with Crippen LogP contribution in [-0.4, -0.2) is 60.3 Å². The number of Topliss-reactive ketones (excluding diaryl/α,β-unsaturated/α-hetero) is 2. The summed E-state index contributed by atoms with van der Waals surface area (Å²) in [4.78, 5) is 27.1. The van der Waals surface area contributed by atoms with E-state index in [0.717, 1.165) is 64.7 Å². The molecule has 0 N–H and O–H groups in total. The first-order valence-electron chi connectivity index (χ1n) is 15.6. The highest BCUT2D eigenvalue weighted by atomic mass is 16.5. The smallest absolute Gasteiger partial charge is 0.141 e. The number of hydrogen-bond acceptors (Lipinski definition) is 5. The van der Waals surface area contributed by atoms with Crippen LogP contribution < -0.4 is 0 Å². The maximum atomic E-state index is 11.8. The van der Waals surface area contributed by atoms with Crippen molar-refractivity contribution < 1.29 is 14.3 Å². The van der Waals surface area contributed by atoms with Crippen LogP contribution in [0, 0.1) is 23.7 Å². The summed E-state index contributed by atoms with van der Waals surface area (Å²) >= 11 is 0. The number of rotatable bonds is 5. The molecule has 0 amide bonds. The van der Waals surface area contributed by atoms with Crippen LogP contribution in [0.25, 0.3) is 0 Å². The van der Waals surface area contributed by atoms with E-state index >= 15 is 0 Å². The molecule has 3 saturated carbocycles. The Morgan fingerprint density at radius 2 is 1.15 bits per heavy atom. The van der Waals surface area contributed by atoms with Crippen LogP contribution in [0.2, 0.25) is 0 Å². The second-order valence-electron chi connectivity index (χ2n) is 12.8. The molecule has 5 fully saturated rings. The maximum Gasteiger partial charge on any atom is 0.141 e.